The van der Waals surface area contributed by atoms with Gasteiger partial charge in [0.25, 0.3) is 0 Å². The molecule has 0 bridgehead atoms. The van der Waals surface area contributed by atoms with Crippen LogP contribution in [-0.2, 0) is 12.7 Å². The van der Waals surface area contributed by atoms with Crippen molar-refractivity contribution in [1.29, 1.82) is 0 Å². The molecule has 0 aliphatic carbocycles. The van der Waals surface area contributed by atoms with Gasteiger partial charge in [-0.3, -0.25) is 4.68 Å². The van der Waals surface area contributed by atoms with Gasteiger partial charge in [-0.05, 0) is 0 Å². The van der Waals surface area contributed by atoms with Gasteiger partial charge in [0.1, 0.15) is 10.7 Å². The number of hydrogen-bond acceptors (Lipinski definition) is 5. The molecule has 92 valence electrons. The summed E-state index contributed by atoms with van der Waals surface area (Å²) in [5.74, 6) is 0. The molecule has 5 nitrogen and oxygen atoms in total. The van der Waals surface area contributed by atoms with E-state index in [4.69, 9.17) is 0 Å². The molecule has 2 aromatic rings. The fraction of sp³-hybridized carbons (Fsp3) is 0.375. The monoisotopic (exact) mass is 263 g/mol. The molecule has 0 amide bonds. The standard InChI is InChI=1S/C8H8F3N5S/c1-12-7-6(14-15-17-7)4-16-3-5(2-13-16)8(9,10)11/h2-3,12H,4H2,1H3. The second-order valence-corrected chi connectivity index (χ2v) is 3.98. The first-order valence-electron chi connectivity index (χ1n) is 4.59. The van der Waals surface area contributed by atoms with Crippen LogP contribution < -0.4 is 5.32 Å². The van der Waals surface area contributed by atoms with Crippen LogP contribution in [0.1, 0.15) is 11.3 Å². The van der Waals surface area contributed by atoms with Gasteiger partial charge in [0.2, 0.25) is 0 Å². The van der Waals surface area contributed by atoms with E-state index in [-0.39, 0.29) is 6.54 Å². The minimum atomic E-state index is -4.37. The maximum Gasteiger partial charge on any atom is 0.419 e. The molecule has 2 aromatic heterocycles. The first-order valence-corrected chi connectivity index (χ1v) is 5.36. The zero-order valence-corrected chi connectivity index (χ0v) is 9.51. The highest BCUT2D eigenvalue weighted by molar-refractivity contribution is 7.10. The summed E-state index contributed by atoms with van der Waals surface area (Å²) < 4.78 is 41.9. The maximum atomic E-state index is 12.3. The SMILES string of the molecule is CNc1snnc1Cn1cc(C(F)(F)F)cn1. The van der Waals surface area contributed by atoms with Crippen molar-refractivity contribution in [3.63, 3.8) is 0 Å². The molecule has 9 heteroatoms. The molecular weight excluding hydrogens is 255 g/mol. The van der Waals surface area contributed by atoms with Gasteiger partial charge in [0.05, 0.1) is 18.3 Å². The zero-order chi connectivity index (χ0) is 12.5. The topological polar surface area (TPSA) is 55.6 Å². The van der Waals surface area contributed by atoms with Crippen molar-refractivity contribution >= 4 is 16.5 Å². The predicted octanol–water partition coefficient (Wildman–Crippen LogP) is 1.84. The van der Waals surface area contributed by atoms with E-state index in [0.717, 1.165) is 23.9 Å². The van der Waals surface area contributed by atoms with E-state index in [2.05, 4.69) is 20.0 Å². The number of aromatic nitrogens is 4. The van der Waals surface area contributed by atoms with Crippen molar-refractivity contribution in [3.05, 3.63) is 23.7 Å². The highest BCUT2D eigenvalue weighted by Gasteiger charge is 2.32. The molecule has 1 N–H and O–H groups in total. The van der Waals surface area contributed by atoms with Crippen molar-refractivity contribution in [2.75, 3.05) is 12.4 Å². The van der Waals surface area contributed by atoms with Gasteiger partial charge in [-0.15, -0.1) is 5.10 Å². The van der Waals surface area contributed by atoms with Crippen LogP contribution in [0.3, 0.4) is 0 Å². The minimum Gasteiger partial charge on any atom is -0.377 e. The van der Waals surface area contributed by atoms with E-state index < -0.39 is 11.7 Å². The lowest BCUT2D eigenvalue weighted by Crippen LogP contribution is -2.05. The van der Waals surface area contributed by atoms with Gasteiger partial charge in [-0.2, -0.15) is 18.3 Å². The average molecular weight is 263 g/mol. The Morgan fingerprint density at radius 2 is 2.24 bits per heavy atom. The fourth-order valence-corrected chi connectivity index (χ4v) is 1.77. The highest BCUT2D eigenvalue weighted by Crippen LogP contribution is 2.28. The summed E-state index contributed by atoms with van der Waals surface area (Å²) in [5.41, 5.74) is -0.207. The van der Waals surface area contributed by atoms with Crippen LogP contribution in [-0.4, -0.2) is 26.4 Å². The maximum absolute atomic E-state index is 12.3. The fourth-order valence-electron chi connectivity index (χ4n) is 1.25. The molecule has 0 aromatic carbocycles. The summed E-state index contributed by atoms with van der Waals surface area (Å²) in [6.45, 7) is 0.156. The van der Waals surface area contributed by atoms with Crippen molar-refractivity contribution < 1.29 is 13.2 Å². The Labute approximate surface area is 98.4 Å². The van der Waals surface area contributed by atoms with Gasteiger partial charge in [-0.1, -0.05) is 4.49 Å². The second kappa shape index (κ2) is 4.32. The molecule has 0 aliphatic rings. The number of nitrogens with one attached hydrogen (secondary N) is 1. The third-order valence-electron chi connectivity index (χ3n) is 2.06. The number of anilines is 1. The molecule has 17 heavy (non-hydrogen) atoms. The number of alkyl halides is 3. The van der Waals surface area contributed by atoms with Crippen molar-refractivity contribution in [3.8, 4) is 0 Å². The molecule has 2 rings (SSSR count). The third kappa shape index (κ3) is 2.54. The highest BCUT2D eigenvalue weighted by atomic mass is 32.1. The van der Waals surface area contributed by atoms with Crippen molar-refractivity contribution in [2.24, 2.45) is 0 Å². The lowest BCUT2D eigenvalue weighted by molar-refractivity contribution is -0.137. The van der Waals surface area contributed by atoms with E-state index in [1.165, 1.54) is 4.68 Å². The number of rotatable bonds is 3. The first-order chi connectivity index (χ1) is 8.00. The Morgan fingerprint density at radius 3 is 2.82 bits per heavy atom. The molecule has 0 spiro atoms. The summed E-state index contributed by atoms with van der Waals surface area (Å²) in [4.78, 5) is 0. The second-order valence-electron chi connectivity index (χ2n) is 3.22. The Kier molecular flexibility index (Phi) is 3.01. The lowest BCUT2D eigenvalue weighted by Gasteiger charge is -2.02. The predicted molar refractivity (Wildman–Crippen MR) is 55.8 cm³/mol. The third-order valence-corrected chi connectivity index (χ3v) is 2.84. The van der Waals surface area contributed by atoms with Crippen LogP contribution in [0.4, 0.5) is 18.2 Å². The zero-order valence-electron chi connectivity index (χ0n) is 8.69. The Hall–Kier alpha value is -1.64. The van der Waals surface area contributed by atoms with Crippen LogP contribution in [0.2, 0.25) is 0 Å². The molecule has 0 radical (unpaired) electrons. The lowest BCUT2D eigenvalue weighted by atomic mass is 10.3. The number of nitrogens with zero attached hydrogens (tertiary/aromatic N) is 4. The van der Waals surface area contributed by atoms with E-state index in [9.17, 15) is 13.2 Å². The van der Waals surface area contributed by atoms with E-state index in [1.54, 1.807) is 7.05 Å². The minimum absolute atomic E-state index is 0.156. The summed E-state index contributed by atoms with van der Waals surface area (Å²) in [7, 11) is 1.70. The molecule has 0 saturated carbocycles. The van der Waals surface area contributed by atoms with Crippen LogP contribution in [0.25, 0.3) is 0 Å². The van der Waals surface area contributed by atoms with Crippen LogP contribution in [0.5, 0.6) is 0 Å². The molecule has 0 atom stereocenters. The quantitative estimate of drug-likeness (QED) is 0.918. The molecule has 0 fully saturated rings. The summed E-state index contributed by atoms with van der Waals surface area (Å²) in [6, 6.07) is 0. The van der Waals surface area contributed by atoms with Gasteiger partial charge in [0.15, 0.2) is 0 Å². The summed E-state index contributed by atoms with van der Waals surface area (Å²) >= 11 is 1.15. The first kappa shape index (κ1) is 11.8. The van der Waals surface area contributed by atoms with Crippen molar-refractivity contribution in [2.45, 2.75) is 12.7 Å². The van der Waals surface area contributed by atoms with Crippen molar-refractivity contribution in [1.82, 2.24) is 19.4 Å². The van der Waals surface area contributed by atoms with E-state index >= 15 is 0 Å². The number of halogens is 3. The molecule has 0 unspecified atom stereocenters. The molecule has 0 aliphatic heterocycles. The molecule has 2 heterocycles. The average Bonchev–Trinajstić information content (AvgIpc) is 2.86. The summed E-state index contributed by atoms with van der Waals surface area (Å²) in [5, 5.41) is 11.0. The van der Waals surface area contributed by atoms with Gasteiger partial charge in [0, 0.05) is 24.8 Å². The van der Waals surface area contributed by atoms with E-state index in [1.807, 2.05) is 0 Å². The van der Waals surface area contributed by atoms with Crippen LogP contribution >= 0.6 is 11.5 Å². The summed E-state index contributed by atoms with van der Waals surface area (Å²) in [6.07, 6.45) is -2.64. The van der Waals surface area contributed by atoms with Crippen LogP contribution in [0.15, 0.2) is 12.4 Å². The van der Waals surface area contributed by atoms with Gasteiger partial charge in [-0.25, -0.2) is 0 Å². The van der Waals surface area contributed by atoms with Gasteiger partial charge < -0.3 is 5.32 Å². The number of hydrogen-bond donors (Lipinski definition) is 1. The van der Waals surface area contributed by atoms with E-state index in [0.29, 0.717) is 10.7 Å². The smallest absolute Gasteiger partial charge is 0.377 e. The Bertz CT molecular complexity index is 503. The Balaban J connectivity index is 2.17. The van der Waals surface area contributed by atoms with Gasteiger partial charge >= 0.3 is 6.18 Å². The molecular formula is C8H8F3N5S. The van der Waals surface area contributed by atoms with Crippen LogP contribution in [0, 0.1) is 0 Å². The normalized spacial score (nSPS) is 11.8. The molecule has 0 saturated heterocycles. The largest absolute Gasteiger partial charge is 0.419 e. The Morgan fingerprint density at radius 1 is 1.47 bits per heavy atom.